The number of nitrogens with one attached hydrogen (secondary N) is 2. The normalized spacial score (nSPS) is 14.0. The summed E-state index contributed by atoms with van der Waals surface area (Å²) in [5.41, 5.74) is 1.99. The van der Waals surface area contributed by atoms with E-state index in [0.29, 0.717) is 18.6 Å². The van der Waals surface area contributed by atoms with Gasteiger partial charge in [-0.15, -0.1) is 0 Å². The number of anilines is 1. The smallest absolute Gasteiger partial charge is 0.221 e. The third-order valence-electron chi connectivity index (χ3n) is 3.48. The first-order chi connectivity index (χ1) is 9.93. The molecule has 2 atom stereocenters. The molecule has 0 bridgehead atoms. The Morgan fingerprint density at radius 1 is 1.29 bits per heavy atom. The Morgan fingerprint density at radius 3 is 2.57 bits per heavy atom. The van der Waals surface area contributed by atoms with E-state index in [4.69, 9.17) is 4.74 Å². The maximum absolute atomic E-state index is 11.1. The molecule has 0 heterocycles. The van der Waals surface area contributed by atoms with Crippen molar-refractivity contribution in [2.45, 2.75) is 46.7 Å². The molecular formula is C17H28N2O2. The van der Waals surface area contributed by atoms with Crippen molar-refractivity contribution in [2.75, 3.05) is 18.5 Å². The molecule has 0 saturated heterocycles. The summed E-state index contributed by atoms with van der Waals surface area (Å²) in [6, 6.07) is 8.46. The molecule has 0 spiro atoms. The lowest BCUT2D eigenvalue weighted by Crippen LogP contribution is -2.39. The Bertz CT molecular complexity index is 446. The third-order valence-corrected chi connectivity index (χ3v) is 3.48. The van der Waals surface area contributed by atoms with Crippen LogP contribution >= 0.6 is 0 Å². The van der Waals surface area contributed by atoms with Crippen LogP contribution in [-0.2, 0) is 9.53 Å². The second-order valence-electron chi connectivity index (χ2n) is 5.70. The highest BCUT2D eigenvalue weighted by molar-refractivity contribution is 5.88. The topological polar surface area (TPSA) is 50.4 Å². The monoisotopic (exact) mass is 292 g/mol. The van der Waals surface area contributed by atoms with E-state index in [9.17, 15) is 4.79 Å². The second kappa shape index (κ2) is 8.80. The Hall–Kier alpha value is -1.39. The van der Waals surface area contributed by atoms with Gasteiger partial charge in [0.05, 0.1) is 6.61 Å². The fourth-order valence-corrected chi connectivity index (χ4v) is 2.18. The molecule has 0 aliphatic heterocycles. The van der Waals surface area contributed by atoms with Crippen LogP contribution in [0.5, 0.6) is 0 Å². The van der Waals surface area contributed by atoms with Gasteiger partial charge < -0.3 is 15.4 Å². The molecule has 2 unspecified atom stereocenters. The summed E-state index contributed by atoms with van der Waals surface area (Å²) >= 11 is 0. The van der Waals surface area contributed by atoms with E-state index in [2.05, 4.69) is 37.5 Å². The fourth-order valence-electron chi connectivity index (χ4n) is 2.18. The number of benzene rings is 1. The minimum atomic E-state index is -0.0517. The van der Waals surface area contributed by atoms with Crippen LogP contribution in [0.3, 0.4) is 0 Å². The molecule has 1 rings (SSSR count). The molecule has 0 radical (unpaired) electrons. The van der Waals surface area contributed by atoms with Gasteiger partial charge in [0.1, 0.15) is 0 Å². The van der Waals surface area contributed by atoms with Crippen molar-refractivity contribution in [1.29, 1.82) is 0 Å². The Morgan fingerprint density at radius 2 is 2.00 bits per heavy atom. The number of amides is 1. The molecule has 4 nitrogen and oxygen atoms in total. The van der Waals surface area contributed by atoms with Gasteiger partial charge >= 0.3 is 0 Å². The lowest BCUT2D eigenvalue weighted by Gasteiger charge is -2.26. The van der Waals surface area contributed by atoms with Gasteiger partial charge in [0.25, 0.3) is 0 Å². The molecule has 0 aliphatic rings. The highest BCUT2D eigenvalue weighted by atomic mass is 16.5. The van der Waals surface area contributed by atoms with Crippen molar-refractivity contribution in [3.05, 3.63) is 29.8 Å². The number of hydrogen-bond acceptors (Lipinski definition) is 3. The summed E-state index contributed by atoms with van der Waals surface area (Å²) in [5.74, 6) is 0.446. The maximum Gasteiger partial charge on any atom is 0.221 e. The highest BCUT2D eigenvalue weighted by Gasteiger charge is 2.17. The molecule has 1 amide bonds. The van der Waals surface area contributed by atoms with Crippen LogP contribution < -0.4 is 10.6 Å². The van der Waals surface area contributed by atoms with Gasteiger partial charge in [0.2, 0.25) is 5.91 Å². The van der Waals surface area contributed by atoms with Crippen molar-refractivity contribution in [2.24, 2.45) is 5.92 Å². The number of rotatable bonds is 8. The van der Waals surface area contributed by atoms with Crippen LogP contribution in [0.4, 0.5) is 5.69 Å². The van der Waals surface area contributed by atoms with Crippen LogP contribution in [0.1, 0.15) is 46.2 Å². The summed E-state index contributed by atoms with van der Waals surface area (Å²) in [6.07, 6.45) is 0. The van der Waals surface area contributed by atoms with Crippen molar-refractivity contribution in [3.8, 4) is 0 Å². The SMILES string of the molecule is CCOCC(NC(C)c1cccc(NC(C)=O)c1)C(C)C. The number of hydrogen-bond donors (Lipinski definition) is 2. The zero-order valence-electron chi connectivity index (χ0n) is 13.8. The van der Waals surface area contributed by atoms with E-state index in [1.54, 1.807) is 0 Å². The standard InChI is InChI=1S/C17H28N2O2/c1-6-21-11-17(12(2)3)18-13(4)15-8-7-9-16(10-15)19-14(5)20/h7-10,12-13,17-18H,6,11H2,1-5H3,(H,19,20). The third kappa shape index (κ3) is 6.27. The average Bonchev–Trinajstić information content (AvgIpc) is 2.42. The van der Waals surface area contributed by atoms with Crippen LogP contribution in [0.2, 0.25) is 0 Å². The Balaban J connectivity index is 2.72. The van der Waals surface area contributed by atoms with Gasteiger partial charge in [-0.2, -0.15) is 0 Å². The van der Waals surface area contributed by atoms with Gasteiger partial charge in [-0.25, -0.2) is 0 Å². The van der Waals surface area contributed by atoms with Crippen LogP contribution in [0.25, 0.3) is 0 Å². The molecule has 0 fully saturated rings. The Kier molecular flexibility index (Phi) is 7.40. The predicted octanol–water partition coefficient (Wildman–Crippen LogP) is 3.36. The largest absolute Gasteiger partial charge is 0.380 e. The van der Waals surface area contributed by atoms with E-state index in [0.717, 1.165) is 17.9 Å². The fraction of sp³-hybridized carbons (Fsp3) is 0.588. The Labute approximate surface area is 128 Å². The molecule has 0 saturated carbocycles. The summed E-state index contributed by atoms with van der Waals surface area (Å²) in [7, 11) is 0. The maximum atomic E-state index is 11.1. The predicted molar refractivity (Wildman–Crippen MR) is 87.4 cm³/mol. The van der Waals surface area contributed by atoms with Gasteiger partial charge in [-0.05, 0) is 37.5 Å². The zero-order valence-corrected chi connectivity index (χ0v) is 13.8. The lowest BCUT2D eigenvalue weighted by molar-refractivity contribution is -0.114. The molecule has 21 heavy (non-hydrogen) atoms. The first-order valence-corrected chi connectivity index (χ1v) is 7.65. The lowest BCUT2D eigenvalue weighted by atomic mass is 10.0. The van der Waals surface area contributed by atoms with Gasteiger partial charge in [-0.1, -0.05) is 26.0 Å². The summed E-state index contributed by atoms with van der Waals surface area (Å²) < 4.78 is 5.55. The molecule has 0 aromatic heterocycles. The minimum absolute atomic E-state index is 0.0517. The molecule has 2 N–H and O–H groups in total. The summed E-state index contributed by atoms with van der Waals surface area (Å²) in [6.45, 7) is 11.5. The molecule has 118 valence electrons. The molecule has 1 aromatic carbocycles. The van der Waals surface area contributed by atoms with E-state index >= 15 is 0 Å². The first kappa shape index (κ1) is 17.7. The van der Waals surface area contributed by atoms with Crippen LogP contribution in [0, 0.1) is 5.92 Å². The first-order valence-electron chi connectivity index (χ1n) is 7.65. The average molecular weight is 292 g/mol. The van der Waals surface area contributed by atoms with Gasteiger partial charge in [0.15, 0.2) is 0 Å². The summed E-state index contributed by atoms with van der Waals surface area (Å²) in [5, 5.41) is 6.43. The van der Waals surface area contributed by atoms with Crippen molar-refractivity contribution in [1.82, 2.24) is 5.32 Å². The number of ether oxygens (including phenoxy) is 1. The number of carbonyl (C=O) groups is 1. The molecular weight excluding hydrogens is 264 g/mol. The highest BCUT2D eigenvalue weighted by Crippen LogP contribution is 2.19. The van der Waals surface area contributed by atoms with Crippen molar-refractivity contribution >= 4 is 11.6 Å². The number of carbonyl (C=O) groups excluding carboxylic acids is 1. The van der Waals surface area contributed by atoms with Crippen molar-refractivity contribution in [3.63, 3.8) is 0 Å². The van der Waals surface area contributed by atoms with E-state index in [1.165, 1.54) is 6.92 Å². The van der Waals surface area contributed by atoms with Crippen LogP contribution in [-0.4, -0.2) is 25.2 Å². The molecule has 0 aliphatic carbocycles. The van der Waals surface area contributed by atoms with E-state index < -0.39 is 0 Å². The minimum Gasteiger partial charge on any atom is -0.380 e. The zero-order chi connectivity index (χ0) is 15.8. The van der Waals surface area contributed by atoms with Crippen LogP contribution in [0.15, 0.2) is 24.3 Å². The second-order valence-corrected chi connectivity index (χ2v) is 5.70. The van der Waals surface area contributed by atoms with E-state index in [-0.39, 0.29) is 11.9 Å². The van der Waals surface area contributed by atoms with Gasteiger partial charge in [0, 0.05) is 31.3 Å². The summed E-state index contributed by atoms with van der Waals surface area (Å²) in [4.78, 5) is 11.1. The molecule has 1 aromatic rings. The van der Waals surface area contributed by atoms with E-state index in [1.807, 2.05) is 25.1 Å². The van der Waals surface area contributed by atoms with Crippen molar-refractivity contribution < 1.29 is 9.53 Å². The molecule has 4 heteroatoms. The van der Waals surface area contributed by atoms with Gasteiger partial charge in [-0.3, -0.25) is 4.79 Å². The quantitative estimate of drug-likeness (QED) is 0.772.